The van der Waals surface area contributed by atoms with Crippen LogP contribution >= 0.6 is 0 Å². The van der Waals surface area contributed by atoms with Crippen molar-refractivity contribution in [2.24, 2.45) is 0 Å². The standard InChI is InChI=1S/C10H14O2/c1-4-7-8-9(5-2)10(11)12-6-3/h4-5,7-8H,2,6H2,1,3H3/b7-4-,9-8+. The van der Waals surface area contributed by atoms with Gasteiger partial charge in [-0.2, -0.15) is 0 Å². The normalized spacial score (nSPS) is 11.7. The summed E-state index contributed by atoms with van der Waals surface area (Å²) in [5.41, 5.74) is 0.481. The van der Waals surface area contributed by atoms with Gasteiger partial charge in [-0.1, -0.05) is 24.8 Å². The lowest BCUT2D eigenvalue weighted by atomic mass is 10.2. The molecule has 0 aliphatic rings. The Morgan fingerprint density at radius 1 is 1.58 bits per heavy atom. The Balaban J connectivity index is 4.33. The summed E-state index contributed by atoms with van der Waals surface area (Å²) in [5.74, 6) is -0.328. The van der Waals surface area contributed by atoms with Crippen LogP contribution in [0, 0.1) is 0 Å². The first kappa shape index (κ1) is 10.7. The molecule has 0 aliphatic carbocycles. The van der Waals surface area contributed by atoms with E-state index >= 15 is 0 Å². The summed E-state index contributed by atoms with van der Waals surface area (Å²) in [4.78, 5) is 11.1. The summed E-state index contributed by atoms with van der Waals surface area (Å²) < 4.78 is 4.78. The SMILES string of the molecule is C=C/C(=C\C=C/C)C(=O)OCC. The van der Waals surface area contributed by atoms with E-state index in [4.69, 9.17) is 4.74 Å². The highest BCUT2D eigenvalue weighted by Crippen LogP contribution is 1.99. The molecule has 0 saturated carbocycles. The van der Waals surface area contributed by atoms with Crippen LogP contribution in [-0.4, -0.2) is 12.6 Å². The fraction of sp³-hybridized carbons (Fsp3) is 0.300. The third kappa shape index (κ3) is 3.76. The predicted octanol–water partition coefficient (Wildman–Crippen LogP) is 2.24. The van der Waals surface area contributed by atoms with Crippen LogP contribution in [0.5, 0.6) is 0 Å². The Labute approximate surface area is 73.2 Å². The van der Waals surface area contributed by atoms with Crippen molar-refractivity contribution in [1.29, 1.82) is 0 Å². The van der Waals surface area contributed by atoms with Crippen LogP contribution < -0.4 is 0 Å². The molecule has 0 amide bonds. The molecule has 0 bridgehead atoms. The molecular formula is C10H14O2. The number of allylic oxidation sites excluding steroid dienone is 3. The van der Waals surface area contributed by atoms with Crippen LogP contribution in [0.15, 0.2) is 36.5 Å². The summed E-state index contributed by atoms with van der Waals surface area (Å²) in [7, 11) is 0. The van der Waals surface area contributed by atoms with Crippen molar-refractivity contribution >= 4 is 5.97 Å². The number of carbonyl (C=O) groups is 1. The molecule has 0 aliphatic heterocycles. The lowest BCUT2D eigenvalue weighted by Crippen LogP contribution is -2.05. The summed E-state index contributed by atoms with van der Waals surface area (Å²) in [6, 6.07) is 0. The van der Waals surface area contributed by atoms with Gasteiger partial charge in [0.05, 0.1) is 12.2 Å². The average molecular weight is 166 g/mol. The minimum Gasteiger partial charge on any atom is -0.462 e. The number of hydrogen-bond donors (Lipinski definition) is 0. The molecule has 0 fully saturated rings. The molecule has 66 valence electrons. The number of rotatable bonds is 4. The Bertz CT molecular complexity index is 212. The van der Waals surface area contributed by atoms with Gasteiger partial charge in [-0.05, 0) is 19.9 Å². The van der Waals surface area contributed by atoms with Crippen LogP contribution in [0.25, 0.3) is 0 Å². The van der Waals surface area contributed by atoms with E-state index in [1.54, 1.807) is 19.1 Å². The van der Waals surface area contributed by atoms with Crippen LogP contribution in [0.3, 0.4) is 0 Å². The average Bonchev–Trinajstić information content (AvgIpc) is 2.06. The molecule has 0 N–H and O–H groups in total. The number of esters is 1. The van der Waals surface area contributed by atoms with Crippen molar-refractivity contribution in [3.8, 4) is 0 Å². The zero-order chi connectivity index (χ0) is 9.40. The van der Waals surface area contributed by atoms with Gasteiger partial charge in [0.1, 0.15) is 0 Å². The van der Waals surface area contributed by atoms with Crippen molar-refractivity contribution in [2.45, 2.75) is 13.8 Å². The monoisotopic (exact) mass is 166 g/mol. The zero-order valence-electron chi connectivity index (χ0n) is 7.54. The van der Waals surface area contributed by atoms with Gasteiger partial charge >= 0.3 is 5.97 Å². The summed E-state index contributed by atoms with van der Waals surface area (Å²) in [5, 5.41) is 0. The summed E-state index contributed by atoms with van der Waals surface area (Å²) in [6.07, 6.45) is 6.76. The van der Waals surface area contributed by atoms with E-state index in [2.05, 4.69) is 6.58 Å². The summed E-state index contributed by atoms with van der Waals surface area (Å²) in [6.45, 7) is 7.55. The molecule has 0 saturated heterocycles. The third-order valence-corrected chi connectivity index (χ3v) is 1.20. The van der Waals surface area contributed by atoms with Gasteiger partial charge in [0.2, 0.25) is 0 Å². The molecule has 0 unspecified atom stereocenters. The lowest BCUT2D eigenvalue weighted by molar-refractivity contribution is -0.138. The Kier molecular flexibility index (Phi) is 5.70. The first-order chi connectivity index (χ1) is 5.76. The van der Waals surface area contributed by atoms with Crippen molar-refractivity contribution in [3.05, 3.63) is 36.5 Å². The van der Waals surface area contributed by atoms with Crippen LogP contribution in [0.1, 0.15) is 13.8 Å². The first-order valence-electron chi connectivity index (χ1n) is 3.88. The lowest BCUT2D eigenvalue weighted by Gasteiger charge is -1.99. The molecule has 0 spiro atoms. The predicted molar refractivity (Wildman–Crippen MR) is 49.7 cm³/mol. The maximum absolute atomic E-state index is 11.1. The first-order valence-corrected chi connectivity index (χ1v) is 3.88. The molecule has 2 nitrogen and oxygen atoms in total. The van der Waals surface area contributed by atoms with E-state index < -0.39 is 0 Å². The molecular weight excluding hydrogens is 152 g/mol. The maximum atomic E-state index is 11.1. The second-order valence-electron chi connectivity index (χ2n) is 2.07. The van der Waals surface area contributed by atoms with Crippen molar-refractivity contribution < 1.29 is 9.53 Å². The molecule has 0 aromatic carbocycles. The number of carbonyl (C=O) groups excluding carboxylic acids is 1. The molecule has 2 heteroatoms. The van der Waals surface area contributed by atoms with E-state index in [1.165, 1.54) is 6.08 Å². The number of ether oxygens (including phenoxy) is 1. The van der Waals surface area contributed by atoms with E-state index in [9.17, 15) is 4.79 Å². The maximum Gasteiger partial charge on any atom is 0.338 e. The van der Waals surface area contributed by atoms with Crippen molar-refractivity contribution in [1.82, 2.24) is 0 Å². The fourth-order valence-corrected chi connectivity index (χ4v) is 0.634. The highest BCUT2D eigenvalue weighted by atomic mass is 16.5. The van der Waals surface area contributed by atoms with Gasteiger partial charge in [-0.3, -0.25) is 0 Å². The molecule has 0 aromatic heterocycles. The van der Waals surface area contributed by atoms with Gasteiger partial charge in [0.25, 0.3) is 0 Å². The van der Waals surface area contributed by atoms with E-state index in [-0.39, 0.29) is 5.97 Å². The molecule has 0 radical (unpaired) electrons. The fourth-order valence-electron chi connectivity index (χ4n) is 0.634. The van der Waals surface area contributed by atoms with Gasteiger partial charge in [-0.15, -0.1) is 0 Å². The van der Waals surface area contributed by atoms with E-state index in [0.29, 0.717) is 12.2 Å². The second-order valence-corrected chi connectivity index (χ2v) is 2.07. The molecule has 12 heavy (non-hydrogen) atoms. The molecule has 0 atom stereocenters. The zero-order valence-corrected chi connectivity index (χ0v) is 7.54. The van der Waals surface area contributed by atoms with Crippen LogP contribution in [0.2, 0.25) is 0 Å². The molecule has 0 rings (SSSR count). The van der Waals surface area contributed by atoms with Crippen molar-refractivity contribution in [2.75, 3.05) is 6.61 Å². The van der Waals surface area contributed by atoms with E-state index in [1.807, 2.05) is 13.0 Å². The highest BCUT2D eigenvalue weighted by molar-refractivity contribution is 5.91. The van der Waals surface area contributed by atoms with Crippen LogP contribution in [-0.2, 0) is 9.53 Å². The Morgan fingerprint density at radius 2 is 2.25 bits per heavy atom. The smallest absolute Gasteiger partial charge is 0.338 e. The Morgan fingerprint density at radius 3 is 2.67 bits per heavy atom. The molecule has 0 aromatic rings. The van der Waals surface area contributed by atoms with Crippen LogP contribution in [0.4, 0.5) is 0 Å². The highest BCUT2D eigenvalue weighted by Gasteiger charge is 2.03. The summed E-state index contributed by atoms with van der Waals surface area (Å²) >= 11 is 0. The van der Waals surface area contributed by atoms with Gasteiger partial charge < -0.3 is 4.74 Å². The second kappa shape index (κ2) is 6.40. The van der Waals surface area contributed by atoms with Gasteiger partial charge in [0.15, 0.2) is 0 Å². The number of hydrogen-bond acceptors (Lipinski definition) is 2. The largest absolute Gasteiger partial charge is 0.462 e. The third-order valence-electron chi connectivity index (χ3n) is 1.20. The van der Waals surface area contributed by atoms with Crippen molar-refractivity contribution in [3.63, 3.8) is 0 Å². The van der Waals surface area contributed by atoms with Gasteiger partial charge in [-0.25, -0.2) is 4.79 Å². The minimum atomic E-state index is -0.328. The quantitative estimate of drug-likeness (QED) is 0.363. The Hall–Kier alpha value is -1.31. The van der Waals surface area contributed by atoms with Gasteiger partial charge in [0, 0.05) is 0 Å². The topological polar surface area (TPSA) is 26.3 Å². The minimum absolute atomic E-state index is 0.328. The van der Waals surface area contributed by atoms with E-state index in [0.717, 1.165) is 0 Å². The molecule has 0 heterocycles.